The first kappa shape index (κ1) is 19.0. The highest BCUT2D eigenvalue weighted by molar-refractivity contribution is 5.92. The van der Waals surface area contributed by atoms with Crippen molar-refractivity contribution in [2.75, 3.05) is 13.1 Å². The van der Waals surface area contributed by atoms with Crippen molar-refractivity contribution in [2.24, 2.45) is 5.92 Å². The molecular formula is C21H20N8O2. The van der Waals surface area contributed by atoms with Gasteiger partial charge in [-0.3, -0.25) is 9.78 Å². The minimum Gasteiger partial charge on any atom is -0.339 e. The van der Waals surface area contributed by atoms with Crippen LogP contribution in [0.1, 0.15) is 29.2 Å². The molecule has 156 valence electrons. The van der Waals surface area contributed by atoms with Gasteiger partial charge in [0, 0.05) is 31.9 Å². The SMILES string of the molecule is O=C(c1cnn(-c2ccccc2)n1)N1CCC[C@@H](Cc2nc(-c3cnccn3)no2)C1. The summed E-state index contributed by atoms with van der Waals surface area (Å²) in [7, 11) is 0. The summed E-state index contributed by atoms with van der Waals surface area (Å²) in [4.78, 5) is 28.9. The Balaban J connectivity index is 1.24. The number of likely N-dealkylation sites (tertiary alicyclic amines) is 1. The van der Waals surface area contributed by atoms with Gasteiger partial charge < -0.3 is 9.42 Å². The lowest BCUT2D eigenvalue weighted by Crippen LogP contribution is -2.40. The van der Waals surface area contributed by atoms with E-state index >= 15 is 0 Å². The van der Waals surface area contributed by atoms with Crippen molar-refractivity contribution >= 4 is 5.91 Å². The van der Waals surface area contributed by atoms with Gasteiger partial charge in [-0.25, -0.2) is 4.98 Å². The summed E-state index contributed by atoms with van der Waals surface area (Å²) in [6, 6.07) is 9.52. The summed E-state index contributed by atoms with van der Waals surface area (Å²) >= 11 is 0. The van der Waals surface area contributed by atoms with Gasteiger partial charge in [0.25, 0.3) is 5.91 Å². The summed E-state index contributed by atoms with van der Waals surface area (Å²) in [5.74, 6) is 1.08. The molecule has 1 amide bonds. The molecule has 10 nitrogen and oxygen atoms in total. The standard InChI is InChI=1S/C21H20N8O2/c30-21(18-13-24-29(26-18)16-6-2-1-3-7-16)28-10-4-5-15(14-28)11-19-25-20(27-31-19)17-12-22-8-9-23-17/h1-3,6-9,12-13,15H,4-5,10-11,14H2/t15-/m0/s1. The van der Waals surface area contributed by atoms with Gasteiger partial charge >= 0.3 is 0 Å². The highest BCUT2D eigenvalue weighted by Gasteiger charge is 2.27. The molecular weight excluding hydrogens is 396 g/mol. The maximum atomic E-state index is 13.0. The lowest BCUT2D eigenvalue weighted by molar-refractivity contribution is 0.0661. The number of carbonyl (C=O) groups excluding carboxylic acids is 1. The Morgan fingerprint density at radius 3 is 2.90 bits per heavy atom. The minimum absolute atomic E-state index is 0.113. The van der Waals surface area contributed by atoms with Crippen molar-refractivity contribution in [1.29, 1.82) is 0 Å². The molecule has 3 aromatic heterocycles. The molecule has 0 N–H and O–H groups in total. The first-order valence-corrected chi connectivity index (χ1v) is 10.1. The molecule has 0 spiro atoms. The van der Waals surface area contributed by atoms with Gasteiger partial charge in [0.1, 0.15) is 5.69 Å². The number of piperidine rings is 1. The van der Waals surface area contributed by atoms with E-state index < -0.39 is 0 Å². The number of nitrogens with zero attached hydrogens (tertiary/aromatic N) is 8. The first-order valence-electron chi connectivity index (χ1n) is 10.1. The van der Waals surface area contributed by atoms with Gasteiger partial charge in [-0.2, -0.15) is 14.9 Å². The molecule has 0 aliphatic carbocycles. The second kappa shape index (κ2) is 8.42. The number of carbonyl (C=O) groups is 1. The Labute approximate surface area is 177 Å². The second-order valence-corrected chi connectivity index (χ2v) is 7.42. The van der Waals surface area contributed by atoms with Gasteiger partial charge in [-0.05, 0) is 30.9 Å². The van der Waals surface area contributed by atoms with Crippen LogP contribution in [0.4, 0.5) is 0 Å². The van der Waals surface area contributed by atoms with Crippen LogP contribution < -0.4 is 0 Å². The molecule has 1 aromatic carbocycles. The van der Waals surface area contributed by atoms with Gasteiger partial charge in [-0.1, -0.05) is 23.4 Å². The number of aromatic nitrogens is 7. The van der Waals surface area contributed by atoms with Crippen LogP contribution in [0.5, 0.6) is 0 Å². The van der Waals surface area contributed by atoms with E-state index in [9.17, 15) is 4.79 Å². The maximum Gasteiger partial charge on any atom is 0.276 e. The molecule has 10 heteroatoms. The van der Waals surface area contributed by atoms with Gasteiger partial charge in [0.15, 0.2) is 5.69 Å². The van der Waals surface area contributed by atoms with Gasteiger partial charge in [-0.15, -0.1) is 5.10 Å². The van der Waals surface area contributed by atoms with Crippen molar-refractivity contribution in [1.82, 2.24) is 40.0 Å². The highest BCUT2D eigenvalue weighted by Crippen LogP contribution is 2.22. The predicted molar refractivity (Wildman–Crippen MR) is 109 cm³/mol. The molecule has 1 aliphatic heterocycles. The zero-order valence-corrected chi connectivity index (χ0v) is 16.7. The van der Waals surface area contributed by atoms with E-state index in [2.05, 4.69) is 30.3 Å². The number of amides is 1. The summed E-state index contributed by atoms with van der Waals surface area (Å²) in [6.07, 6.45) is 8.80. The number of para-hydroxylation sites is 1. The molecule has 0 unspecified atom stereocenters. The van der Waals surface area contributed by atoms with E-state index in [0.717, 1.165) is 18.5 Å². The highest BCUT2D eigenvalue weighted by atomic mass is 16.5. The van der Waals surface area contributed by atoms with E-state index in [-0.39, 0.29) is 11.8 Å². The number of hydrogen-bond acceptors (Lipinski definition) is 8. The van der Waals surface area contributed by atoms with Crippen LogP contribution >= 0.6 is 0 Å². The van der Waals surface area contributed by atoms with Crippen molar-refractivity contribution in [3.63, 3.8) is 0 Å². The average Bonchev–Trinajstić information content (AvgIpc) is 3.50. The van der Waals surface area contributed by atoms with E-state index in [1.165, 1.54) is 11.0 Å². The molecule has 1 fully saturated rings. The molecule has 4 aromatic rings. The summed E-state index contributed by atoms with van der Waals surface area (Å²) < 4.78 is 5.40. The summed E-state index contributed by atoms with van der Waals surface area (Å²) in [5.41, 5.74) is 1.72. The fourth-order valence-corrected chi connectivity index (χ4v) is 3.73. The smallest absolute Gasteiger partial charge is 0.276 e. The van der Waals surface area contributed by atoms with Crippen LogP contribution in [0.3, 0.4) is 0 Å². The van der Waals surface area contributed by atoms with E-state index in [1.54, 1.807) is 18.6 Å². The largest absolute Gasteiger partial charge is 0.339 e. The van der Waals surface area contributed by atoms with E-state index in [0.29, 0.717) is 42.6 Å². The first-order chi connectivity index (χ1) is 15.3. The Bertz CT molecular complexity index is 1160. The summed E-state index contributed by atoms with van der Waals surface area (Å²) in [5, 5.41) is 12.6. The van der Waals surface area contributed by atoms with Crippen LogP contribution in [0, 0.1) is 5.92 Å². The Morgan fingerprint density at radius 2 is 2.06 bits per heavy atom. The lowest BCUT2D eigenvalue weighted by Gasteiger charge is -2.31. The third-order valence-corrected chi connectivity index (χ3v) is 5.23. The third kappa shape index (κ3) is 4.18. The van der Waals surface area contributed by atoms with Crippen LogP contribution in [0.25, 0.3) is 17.2 Å². The molecule has 0 saturated carbocycles. The quantitative estimate of drug-likeness (QED) is 0.486. The maximum absolute atomic E-state index is 13.0. The van der Waals surface area contributed by atoms with Crippen molar-refractivity contribution in [2.45, 2.75) is 19.3 Å². The fraction of sp³-hybridized carbons (Fsp3) is 0.286. The van der Waals surface area contributed by atoms with E-state index in [4.69, 9.17) is 4.52 Å². The van der Waals surface area contributed by atoms with Gasteiger partial charge in [0.05, 0.1) is 18.1 Å². The lowest BCUT2D eigenvalue weighted by atomic mass is 9.94. The summed E-state index contributed by atoms with van der Waals surface area (Å²) in [6.45, 7) is 1.31. The average molecular weight is 416 g/mol. The molecule has 1 atom stereocenters. The van der Waals surface area contributed by atoms with Crippen molar-refractivity contribution in [3.05, 3.63) is 66.7 Å². The third-order valence-electron chi connectivity index (χ3n) is 5.23. The second-order valence-electron chi connectivity index (χ2n) is 7.42. The zero-order valence-electron chi connectivity index (χ0n) is 16.7. The Morgan fingerprint density at radius 1 is 1.16 bits per heavy atom. The molecule has 1 aliphatic rings. The molecule has 5 rings (SSSR count). The van der Waals surface area contributed by atoms with E-state index in [1.807, 2.05) is 35.2 Å². The topological polar surface area (TPSA) is 116 Å². The number of benzene rings is 1. The fourth-order valence-electron chi connectivity index (χ4n) is 3.73. The van der Waals surface area contributed by atoms with Crippen LogP contribution in [-0.4, -0.2) is 59.0 Å². The van der Waals surface area contributed by atoms with Crippen molar-refractivity contribution < 1.29 is 9.32 Å². The normalized spacial score (nSPS) is 16.4. The molecule has 0 radical (unpaired) electrons. The molecule has 0 bridgehead atoms. The monoisotopic (exact) mass is 416 g/mol. The molecule has 4 heterocycles. The Hall–Kier alpha value is -3.95. The van der Waals surface area contributed by atoms with Crippen LogP contribution in [0.2, 0.25) is 0 Å². The van der Waals surface area contributed by atoms with Crippen molar-refractivity contribution in [3.8, 4) is 17.2 Å². The molecule has 31 heavy (non-hydrogen) atoms. The van der Waals surface area contributed by atoms with Crippen LogP contribution in [0.15, 0.2) is 59.6 Å². The Kier molecular flexibility index (Phi) is 5.17. The van der Waals surface area contributed by atoms with Gasteiger partial charge in [0.2, 0.25) is 11.7 Å². The molecule has 1 saturated heterocycles. The number of hydrogen-bond donors (Lipinski definition) is 0. The number of rotatable bonds is 5. The minimum atomic E-state index is -0.113. The predicted octanol–water partition coefficient (Wildman–Crippen LogP) is 2.20. The van der Waals surface area contributed by atoms with Crippen LogP contribution in [-0.2, 0) is 6.42 Å². The zero-order chi connectivity index (χ0) is 21.0.